The Hall–Kier alpha value is -1.55. The molecule has 0 radical (unpaired) electrons. The van der Waals surface area contributed by atoms with Gasteiger partial charge < -0.3 is 16.3 Å². The Morgan fingerprint density at radius 2 is 1.86 bits per heavy atom. The van der Waals surface area contributed by atoms with Crippen molar-refractivity contribution in [3.63, 3.8) is 0 Å². The summed E-state index contributed by atoms with van der Waals surface area (Å²) in [7, 11) is 0. The Morgan fingerprint density at radius 3 is 2.43 bits per heavy atom. The number of nitrogens with one attached hydrogen (secondary N) is 1. The lowest BCUT2D eigenvalue weighted by atomic mass is 9.93. The first-order valence-electron chi connectivity index (χ1n) is 8.01. The first-order chi connectivity index (χ1) is 10.2. The molecular formula is C17H27N3O. The van der Waals surface area contributed by atoms with Crippen molar-refractivity contribution in [1.82, 2.24) is 5.32 Å². The molecule has 1 aromatic rings. The molecule has 4 nitrogen and oxygen atoms in total. The topological polar surface area (TPSA) is 70.6 Å². The highest BCUT2D eigenvalue weighted by molar-refractivity contribution is 5.96. The molecule has 1 aliphatic rings. The van der Waals surface area contributed by atoms with Gasteiger partial charge in [-0.2, -0.15) is 0 Å². The van der Waals surface area contributed by atoms with E-state index in [9.17, 15) is 0 Å². The summed E-state index contributed by atoms with van der Waals surface area (Å²) in [5, 5.41) is 15.3. The van der Waals surface area contributed by atoms with E-state index in [-0.39, 0.29) is 5.84 Å². The summed E-state index contributed by atoms with van der Waals surface area (Å²) in [5.41, 5.74) is 7.54. The summed E-state index contributed by atoms with van der Waals surface area (Å²) in [6, 6.07) is 8.40. The van der Waals surface area contributed by atoms with Gasteiger partial charge in [0.05, 0.1) is 0 Å². The number of hydrogen-bond donors (Lipinski definition) is 3. The van der Waals surface area contributed by atoms with Crippen molar-refractivity contribution in [3.8, 4) is 0 Å². The van der Waals surface area contributed by atoms with Crippen LogP contribution in [0.4, 0.5) is 0 Å². The van der Waals surface area contributed by atoms with E-state index in [4.69, 9.17) is 10.9 Å². The normalized spacial score (nSPS) is 19.2. The number of nitrogens with two attached hydrogens (primary N) is 1. The van der Waals surface area contributed by atoms with Gasteiger partial charge in [0.2, 0.25) is 0 Å². The third kappa shape index (κ3) is 4.74. The molecule has 1 saturated carbocycles. The standard InChI is InChI=1S/C17H27N3O/c1-13(15-6-4-2-3-5-7-15)19-12-14-8-10-16(11-9-14)17(18)20-21/h8-11,13,15,19,21H,2-7,12H2,1H3,(H2,18,20)/t13-/m0/s1. The fraction of sp³-hybridized carbons (Fsp3) is 0.588. The molecule has 1 atom stereocenters. The van der Waals surface area contributed by atoms with E-state index >= 15 is 0 Å². The van der Waals surface area contributed by atoms with E-state index in [1.807, 2.05) is 24.3 Å². The van der Waals surface area contributed by atoms with Gasteiger partial charge in [-0.1, -0.05) is 55.1 Å². The number of nitrogens with zero attached hydrogens (tertiary/aromatic N) is 1. The smallest absolute Gasteiger partial charge is 0.170 e. The molecule has 2 rings (SSSR count). The van der Waals surface area contributed by atoms with E-state index in [0.717, 1.165) is 18.0 Å². The lowest BCUT2D eigenvalue weighted by molar-refractivity contribution is 0.318. The molecule has 116 valence electrons. The Labute approximate surface area is 127 Å². The van der Waals surface area contributed by atoms with Gasteiger partial charge in [-0.15, -0.1) is 0 Å². The number of amidine groups is 1. The van der Waals surface area contributed by atoms with Crippen molar-refractivity contribution < 1.29 is 5.21 Å². The lowest BCUT2D eigenvalue weighted by Crippen LogP contribution is -2.32. The van der Waals surface area contributed by atoms with E-state index in [1.54, 1.807) is 0 Å². The molecule has 21 heavy (non-hydrogen) atoms. The molecule has 0 heterocycles. The van der Waals surface area contributed by atoms with Crippen LogP contribution in [0.15, 0.2) is 29.4 Å². The van der Waals surface area contributed by atoms with Crippen molar-refractivity contribution in [2.75, 3.05) is 0 Å². The maximum atomic E-state index is 8.65. The number of benzene rings is 1. The van der Waals surface area contributed by atoms with Gasteiger partial charge in [-0.3, -0.25) is 0 Å². The van der Waals surface area contributed by atoms with Crippen LogP contribution < -0.4 is 11.1 Å². The Balaban J connectivity index is 1.84. The van der Waals surface area contributed by atoms with Crippen molar-refractivity contribution in [3.05, 3.63) is 35.4 Å². The molecular weight excluding hydrogens is 262 g/mol. The third-order valence-electron chi connectivity index (χ3n) is 4.59. The Morgan fingerprint density at radius 1 is 1.24 bits per heavy atom. The molecule has 1 aliphatic carbocycles. The number of rotatable bonds is 5. The van der Waals surface area contributed by atoms with Crippen molar-refractivity contribution >= 4 is 5.84 Å². The highest BCUT2D eigenvalue weighted by Gasteiger charge is 2.18. The minimum atomic E-state index is 0.154. The minimum absolute atomic E-state index is 0.154. The Kier molecular flexibility index (Phi) is 6.05. The molecule has 0 bridgehead atoms. The summed E-state index contributed by atoms with van der Waals surface area (Å²) in [6.45, 7) is 3.18. The van der Waals surface area contributed by atoms with Crippen LogP contribution in [0.5, 0.6) is 0 Å². The van der Waals surface area contributed by atoms with Gasteiger partial charge in [-0.25, -0.2) is 0 Å². The average Bonchev–Trinajstić information content (AvgIpc) is 2.81. The molecule has 1 aromatic carbocycles. The molecule has 0 amide bonds. The molecule has 0 unspecified atom stereocenters. The predicted octanol–water partition coefficient (Wildman–Crippen LogP) is 3.23. The number of hydrogen-bond acceptors (Lipinski definition) is 3. The van der Waals surface area contributed by atoms with Crippen molar-refractivity contribution in [2.24, 2.45) is 16.8 Å². The van der Waals surface area contributed by atoms with Gasteiger partial charge in [0.15, 0.2) is 5.84 Å². The summed E-state index contributed by atoms with van der Waals surface area (Å²) in [4.78, 5) is 0. The highest BCUT2D eigenvalue weighted by Crippen LogP contribution is 2.25. The average molecular weight is 289 g/mol. The zero-order chi connectivity index (χ0) is 15.1. The van der Waals surface area contributed by atoms with Crippen LogP contribution in [0.2, 0.25) is 0 Å². The van der Waals surface area contributed by atoms with Crippen LogP contribution in [-0.2, 0) is 6.54 Å². The van der Waals surface area contributed by atoms with Crippen LogP contribution in [0.3, 0.4) is 0 Å². The van der Waals surface area contributed by atoms with Gasteiger partial charge in [0.25, 0.3) is 0 Å². The number of oxime groups is 1. The third-order valence-corrected chi connectivity index (χ3v) is 4.59. The Bertz CT molecular complexity index is 448. The van der Waals surface area contributed by atoms with E-state index in [0.29, 0.717) is 6.04 Å². The molecule has 1 fully saturated rings. The first-order valence-corrected chi connectivity index (χ1v) is 8.01. The summed E-state index contributed by atoms with van der Waals surface area (Å²) >= 11 is 0. The van der Waals surface area contributed by atoms with Crippen LogP contribution in [0, 0.1) is 5.92 Å². The quantitative estimate of drug-likeness (QED) is 0.256. The fourth-order valence-electron chi connectivity index (χ4n) is 3.11. The molecule has 0 aromatic heterocycles. The summed E-state index contributed by atoms with van der Waals surface area (Å²) < 4.78 is 0. The second-order valence-corrected chi connectivity index (χ2v) is 6.10. The van der Waals surface area contributed by atoms with Gasteiger partial charge in [0.1, 0.15) is 0 Å². The van der Waals surface area contributed by atoms with Crippen LogP contribution >= 0.6 is 0 Å². The molecule has 4 N–H and O–H groups in total. The largest absolute Gasteiger partial charge is 0.409 e. The second kappa shape index (κ2) is 8.03. The molecule has 4 heteroatoms. The van der Waals surface area contributed by atoms with Crippen LogP contribution in [-0.4, -0.2) is 17.1 Å². The zero-order valence-corrected chi connectivity index (χ0v) is 12.9. The van der Waals surface area contributed by atoms with E-state index < -0.39 is 0 Å². The highest BCUT2D eigenvalue weighted by atomic mass is 16.4. The molecule has 0 aliphatic heterocycles. The lowest BCUT2D eigenvalue weighted by Gasteiger charge is -2.23. The molecule has 0 saturated heterocycles. The maximum absolute atomic E-state index is 8.65. The van der Waals surface area contributed by atoms with Crippen LogP contribution in [0.1, 0.15) is 56.6 Å². The predicted molar refractivity (Wildman–Crippen MR) is 86.4 cm³/mol. The zero-order valence-electron chi connectivity index (χ0n) is 12.9. The SMILES string of the molecule is C[C@H](NCc1ccc(/C(N)=N/O)cc1)C1CCCCCC1. The summed E-state index contributed by atoms with van der Waals surface area (Å²) in [6.07, 6.45) is 8.28. The minimum Gasteiger partial charge on any atom is -0.409 e. The maximum Gasteiger partial charge on any atom is 0.170 e. The van der Waals surface area contributed by atoms with Crippen molar-refractivity contribution in [2.45, 2.75) is 58.0 Å². The van der Waals surface area contributed by atoms with E-state index in [1.165, 1.54) is 44.1 Å². The molecule has 0 spiro atoms. The van der Waals surface area contributed by atoms with Gasteiger partial charge in [-0.05, 0) is 31.2 Å². The van der Waals surface area contributed by atoms with Crippen molar-refractivity contribution in [1.29, 1.82) is 0 Å². The summed E-state index contributed by atoms with van der Waals surface area (Å²) in [5.74, 6) is 0.963. The van der Waals surface area contributed by atoms with Gasteiger partial charge in [0, 0.05) is 18.2 Å². The fourth-order valence-corrected chi connectivity index (χ4v) is 3.11. The second-order valence-electron chi connectivity index (χ2n) is 6.10. The van der Waals surface area contributed by atoms with Crippen LogP contribution in [0.25, 0.3) is 0 Å². The van der Waals surface area contributed by atoms with Gasteiger partial charge >= 0.3 is 0 Å². The van der Waals surface area contributed by atoms with E-state index in [2.05, 4.69) is 17.4 Å². The monoisotopic (exact) mass is 289 g/mol. The first kappa shape index (κ1) is 15.8.